The van der Waals surface area contributed by atoms with Crippen molar-refractivity contribution >= 4 is 23.4 Å². The zero-order valence-corrected chi connectivity index (χ0v) is 14.8. The Labute approximate surface area is 161 Å². The van der Waals surface area contributed by atoms with Crippen LogP contribution in [-0.2, 0) is 9.53 Å². The van der Waals surface area contributed by atoms with Gasteiger partial charge in [-0.2, -0.15) is 4.68 Å². The predicted octanol–water partition coefficient (Wildman–Crippen LogP) is 1.50. The summed E-state index contributed by atoms with van der Waals surface area (Å²) in [6.45, 7) is 0. The molecule has 3 heterocycles. The molecule has 0 saturated heterocycles. The van der Waals surface area contributed by atoms with Crippen LogP contribution >= 0.6 is 0 Å². The third-order valence-corrected chi connectivity index (χ3v) is 4.30. The van der Waals surface area contributed by atoms with Gasteiger partial charge in [-0.15, -0.1) is 0 Å². The van der Waals surface area contributed by atoms with Crippen LogP contribution in [0.25, 0.3) is 0 Å². The molecule has 4 rings (SSSR count). The monoisotopic (exact) mass is 396 g/mol. The van der Waals surface area contributed by atoms with Crippen molar-refractivity contribution in [3.63, 3.8) is 0 Å². The van der Waals surface area contributed by atoms with Crippen LogP contribution in [0.15, 0.2) is 58.3 Å². The van der Waals surface area contributed by atoms with Gasteiger partial charge in [-0.1, -0.05) is 5.10 Å². The highest BCUT2D eigenvalue weighted by Crippen LogP contribution is 2.36. The van der Waals surface area contributed by atoms with Crippen LogP contribution in [0.2, 0.25) is 0 Å². The molecule has 2 aromatic heterocycles. The lowest BCUT2D eigenvalue weighted by molar-refractivity contribution is -0.384. The fraction of sp³-hybridized carbons (Fsp3) is 0.118. The molecule has 0 bridgehead atoms. The van der Waals surface area contributed by atoms with Crippen LogP contribution in [-0.4, -0.2) is 44.0 Å². The number of hydrogen-bond acceptors (Lipinski definition) is 10. The third kappa shape index (κ3) is 3.01. The van der Waals surface area contributed by atoms with Gasteiger partial charge in [-0.3, -0.25) is 14.9 Å². The molecule has 1 atom stereocenters. The van der Waals surface area contributed by atoms with Gasteiger partial charge < -0.3 is 14.5 Å². The Morgan fingerprint density at radius 3 is 2.66 bits per heavy atom. The standard InChI is InChI=1S/C17H12N6O6/c1-28-16(25)13-12(15(24)9-4-6-10(7-5-9)23(26)27)14(11-3-2-8-29-11)22-17(18-13)19-20-21-22/h2-8,14H,1H3,(H,18,19,21)/t14-/m1/s1. The summed E-state index contributed by atoms with van der Waals surface area (Å²) < 4.78 is 11.6. The fourth-order valence-corrected chi connectivity index (χ4v) is 2.99. The average Bonchev–Trinajstić information content (AvgIpc) is 3.43. The van der Waals surface area contributed by atoms with E-state index in [2.05, 4.69) is 20.8 Å². The van der Waals surface area contributed by atoms with Crippen LogP contribution in [0.4, 0.5) is 11.6 Å². The fourth-order valence-electron chi connectivity index (χ4n) is 2.99. The van der Waals surface area contributed by atoms with Crippen LogP contribution in [0.1, 0.15) is 22.2 Å². The number of methoxy groups -OCH3 is 1. The van der Waals surface area contributed by atoms with E-state index in [0.29, 0.717) is 5.76 Å². The Morgan fingerprint density at radius 2 is 2.03 bits per heavy atom. The smallest absolute Gasteiger partial charge is 0.355 e. The van der Waals surface area contributed by atoms with Crippen molar-refractivity contribution in [2.45, 2.75) is 6.04 Å². The van der Waals surface area contributed by atoms with E-state index in [1.165, 1.54) is 42.3 Å². The number of anilines is 1. The van der Waals surface area contributed by atoms with E-state index in [0.717, 1.165) is 0 Å². The van der Waals surface area contributed by atoms with Crippen molar-refractivity contribution in [1.29, 1.82) is 0 Å². The Bertz CT molecular complexity index is 1130. The zero-order chi connectivity index (χ0) is 20.5. The maximum Gasteiger partial charge on any atom is 0.355 e. The Morgan fingerprint density at radius 1 is 1.28 bits per heavy atom. The lowest BCUT2D eigenvalue weighted by Gasteiger charge is -2.26. The summed E-state index contributed by atoms with van der Waals surface area (Å²) in [6.07, 6.45) is 1.41. The number of nitrogens with zero attached hydrogens (tertiary/aromatic N) is 5. The topological polar surface area (TPSA) is 155 Å². The average molecular weight is 396 g/mol. The van der Waals surface area contributed by atoms with Crippen LogP contribution in [0, 0.1) is 10.1 Å². The summed E-state index contributed by atoms with van der Waals surface area (Å²) in [4.78, 5) is 36.1. The van der Waals surface area contributed by atoms with E-state index in [9.17, 15) is 19.7 Å². The van der Waals surface area contributed by atoms with E-state index in [-0.39, 0.29) is 28.5 Å². The van der Waals surface area contributed by atoms with Gasteiger partial charge in [0.25, 0.3) is 5.69 Å². The van der Waals surface area contributed by atoms with Gasteiger partial charge in [-0.05, 0) is 34.7 Å². The van der Waals surface area contributed by atoms with E-state index in [1.54, 1.807) is 12.1 Å². The van der Waals surface area contributed by atoms with Crippen molar-refractivity contribution in [1.82, 2.24) is 20.2 Å². The van der Waals surface area contributed by atoms with Crippen LogP contribution in [0.5, 0.6) is 0 Å². The highest BCUT2D eigenvalue weighted by molar-refractivity contribution is 6.14. The van der Waals surface area contributed by atoms with Crippen molar-refractivity contribution < 1.29 is 23.7 Å². The summed E-state index contributed by atoms with van der Waals surface area (Å²) >= 11 is 0. The minimum Gasteiger partial charge on any atom is -0.467 e. The molecule has 12 heteroatoms. The number of benzene rings is 1. The number of hydrogen-bond donors (Lipinski definition) is 1. The quantitative estimate of drug-likeness (QED) is 0.290. The van der Waals surface area contributed by atoms with Gasteiger partial charge in [0.1, 0.15) is 17.5 Å². The molecule has 0 saturated carbocycles. The molecule has 3 aromatic rings. The molecule has 1 N–H and O–H groups in total. The minimum absolute atomic E-state index is 0.0274. The minimum atomic E-state index is -0.951. The lowest BCUT2D eigenvalue weighted by atomic mass is 9.92. The van der Waals surface area contributed by atoms with Crippen molar-refractivity contribution in [2.75, 3.05) is 12.4 Å². The SMILES string of the molecule is COC(=O)C1=C(C(=O)c2ccc([N+](=O)[O-])cc2)[C@@H](c2ccco2)n2nnnc2N1. The molecule has 0 radical (unpaired) electrons. The molecular formula is C17H12N6O6. The van der Waals surface area contributed by atoms with Gasteiger partial charge >= 0.3 is 5.97 Å². The summed E-state index contributed by atoms with van der Waals surface area (Å²) in [5.41, 5.74) is -0.224. The molecule has 1 aromatic carbocycles. The predicted molar refractivity (Wildman–Crippen MR) is 94.8 cm³/mol. The zero-order valence-electron chi connectivity index (χ0n) is 14.8. The summed E-state index contributed by atoms with van der Waals surface area (Å²) in [6, 6.07) is 7.28. The first-order chi connectivity index (χ1) is 14.0. The second-order valence-corrected chi connectivity index (χ2v) is 5.90. The maximum absolute atomic E-state index is 13.3. The molecule has 0 fully saturated rings. The van der Waals surface area contributed by atoms with E-state index in [1.807, 2.05) is 0 Å². The first-order valence-electron chi connectivity index (χ1n) is 8.21. The Hall–Kier alpha value is -4.35. The number of non-ortho nitro benzene ring substituents is 1. The molecule has 1 aliphatic rings. The van der Waals surface area contributed by atoms with E-state index in [4.69, 9.17) is 9.15 Å². The number of carbonyl (C=O) groups excluding carboxylic acids is 2. The molecule has 0 unspecified atom stereocenters. The normalized spacial score (nSPS) is 15.4. The molecule has 0 spiro atoms. The molecule has 0 amide bonds. The molecule has 29 heavy (non-hydrogen) atoms. The number of esters is 1. The van der Waals surface area contributed by atoms with E-state index < -0.39 is 22.7 Å². The summed E-state index contributed by atoms with van der Waals surface area (Å²) in [5, 5.41) is 24.9. The van der Waals surface area contributed by atoms with Gasteiger partial charge in [-0.25, -0.2) is 4.79 Å². The molecule has 1 aliphatic heterocycles. The number of tetrazole rings is 1. The Balaban J connectivity index is 1.89. The number of nitrogens with one attached hydrogen (secondary N) is 1. The molecule has 146 valence electrons. The van der Waals surface area contributed by atoms with Crippen LogP contribution < -0.4 is 5.32 Å². The maximum atomic E-state index is 13.3. The number of nitro groups is 1. The number of ketones is 1. The summed E-state index contributed by atoms with van der Waals surface area (Å²) in [7, 11) is 1.17. The van der Waals surface area contributed by atoms with Crippen molar-refractivity contribution in [2.24, 2.45) is 0 Å². The third-order valence-electron chi connectivity index (χ3n) is 4.30. The van der Waals surface area contributed by atoms with Gasteiger partial charge in [0.15, 0.2) is 5.78 Å². The van der Waals surface area contributed by atoms with E-state index >= 15 is 0 Å². The number of furan rings is 1. The number of Topliss-reactive ketones (excluding diaryl/α,β-unsaturated/α-hetero) is 1. The number of rotatable bonds is 5. The summed E-state index contributed by atoms with van der Waals surface area (Å²) in [5.74, 6) is -0.949. The molecule has 0 aliphatic carbocycles. The number of allylic oxidation sites excluding steroid dienone is 1. The van der Waals surface area contributed by atoms with Gasteiger partial charge in [0.2, 0.25) is 5.95 Å². The number of fused-ring (bicyclic) bond motifs is 1. The number of ether oxygens (including phenoxy) is 1. The molecular weight excluding hydrogens is 384 g/mol. The van der Waals surface area contributed by atoms with Gasteiger partial charge in [0.05, 0.1) is 23.9 Å². The van der Waals surface area contributed by atoms with Crippen molar-refractivity contribution in [3.8, 4) is 0 Å². The highest BCUT2D eigenvalue weighted by atomic mass is 16.6. The number of aromatic nitrogens is 4. The van der Waals surface area contributed by atoms with Gasteiger partial charge in [0, 0.05) is 17.7 Å². The highest BCUT2D eigenvalue weighted by Gasteiger charge is 2.39. The lowest BCUT2D eigenvalue weighted by Crippen LogP contribution is -2.32. The number of carbonyl (C=O) groups is 2. The Kier molecular flexibility index (Phi) is 4.35. The second kappa shape index (κ2) is 6.99. The van der Waals surface area contributed by atoms with Crippen LogP contribution in [0.3, 0.4) is 0 Å². The first-order valence-corrected chi connectivity index (χ1v) is 8.21. The number of nitro benzene ring substituents is 1. The largest absolute Gasteiger partial charge is 0.467 e. The second-order valence-electron chi connectivity index (χ2n) is 5.90. The molecule has 12 nitrogen and oxygen atoms in total. The van der Waals surface area contributed by atoms with Crippen molar-refractivity contribution in [3.05, 3.63) is 75.4 Å². The first kappa shape index (κ1) is 18.0.